The summed E-state index contributed by atoms with van der Waals surface area (Å²) in [7, 11) is 0. The molecule has 21 heavy (non-hydrogen) atoms. The number of nitrogens with one attached hydrogen (secondary N) is 2. The van der Waals surface area contributed by atoms with Crippen molar-refractivity contribution in [3.63, 3.8) is 0 Å². The summed E-state index contributed by atoms with van der Waals surface area (Å²) < 4.78 is 13.8. The predicted molar refractivity (Wildman–Crippen MR) is 86.9 cm³/mol. The summed E-state index contributed by atoms with van der Waals surface area (Å²) in [4.78, 5) is 4.35. The maximum Gasteiger partial charge on any atom is 0.147 e. The molecule has 0 radical (unpaired) electrons. The second-order valence-corrected chi connectivity index (χ2v) is 5.38. The van der Waals surface area contributed by atoms with Crippen LogP contribution in [0.25, 0.3) is 0 Å². The molecule has 1 unspecified atom stereocenters. The van der Waals surface area contributed by atoms with Crippen LogP contribution in [-0.4, -0.2) is 11.5 Å². The Morgan fingerprint density at radius 2 is 1.86 bits per heavy atom. The van der Waals surface area contributed by atoms with E-state index in [1.807, 2.05) is 13.8 Å². The number of rotatable bonds is 5. The van der Waals surface area contributed by atoms with Gasteiger partial charge < -0.3 is 10.6 Å². The van der Waals surface area contributed by atoms with Gasteiger partial charge in [0.2, 0.25) is 0 Å². The molecule has 0 saturated carbocycles. The fraction of sp³-hybridized carbons (Fsp3) is 0.267. The maximum absolute atomic E-state index is 13.8. The average molecular weight is 328 g/mol. The second-order valence-electron chi connectivity index (χ2n) is 4.57. The van der Waals surface area contributed by atoms with Crippen LogP contribution in [-0.2, 0) is 0 Å². The molecule has 2 rings (SSSR count). The van der Waals surface area contributed by atoms with Crippen LogP contribution in [0.5, 0.6) is 0 Å². The van der Waals surface area contributed by atoms with Gasteiger partial charge in [0.05, 0.1) is 16.1 Å². The van der Waals surface area contributed by atoms with E-state index in [1.54, 1.807) is 24.3 Å². The highest BCUT2D eigenvalue weighted by molar-refractivity contribution is 6.37. The zero-order valence-corrected chi connectivity index (χ0v) is 13.3. The van der Waals surface area contributed by atoms with Gasteiger partial charge in [-0.15, -0.1) is 0 Å². The molecular formula is C15H16Cl2FN3. The minimum Gasteiger partial charge on any atom is -0.369 e. The van der Waals surface area contributed by atoms with Crippen molar-refractivity contribution in [1.82, 2.24) is 4.98 Å². The van der Waals surface area contributed by atoms with Crippen molar-refractivity contribution >= 4 is 34.8 Å². The number of hydrogen-bond donors (Lipinski definition) is 2. The SMILES string of the molecule is CCNc1nc(NC(C)c2ccccc2F)c(Cl)cc1Cl. The first kappa shape index (κ1) is 15.9. The summed E-state index contributed by atoms with van der Waals surface area (Å²) in [6.07, 6.45) is 0. The molecule has 0 amide bonds. The summed E-state index contributed by atoms with van der Waals surface area (Å²) >= 11 is 12.2. The standard InChI is InChI=1S/C15H16Cl2FN3/c1-3-19-14-11(16)8-12(17)15(21-14)20-9(2)10-6-4-5-7-13(10)18/h4-9H,3H2,1-2H3,(H2,19,20,21). The molecule has 0 spiro atoms. The molecule has 0 aliphatic rings. The Labute approximate surface area is 133 Å². The number of nitrogens with zero attached hydrogens (tertiary/aromatic N) is 1. The van der Waals surface area contributed by atoms with Crippen molar-refractivity contribution in [2.24, 2.45) is 0 Å². The van der Waals surface area contributed by atoms with Crippen LogP contribution in [0, 0.1) is 5.82 Å². The van der Waals surface area contributed by atoms with Gasteiger partial charge in [0, 0.05) is 12.1 Å². The Bertz CT molecular complexity index is 634. The molecule has 3 nitrogen and oxygen atoms in total. The number of halogens is 3. The average Bonchev–Trinajstić information content (AvgIpc) is 2.44. The Balaban J connectivity index is 2.27. The molecular weight excluding hydrogens is 312 g/mol. The second kappa shape index (κ2) is 6.96. The van der Waals surface area contributed by atoms with Gasteiger partial charge in [-0.3, -0.25) is 0 Å². The maximum atomic E-state index is 13.8. The first-order valence-corrected chi connectivity index (χ1v) is 7.39. The largest absolute Gasteiger partial charge is 0.369 e. The van der Waals surface area contributed by atoms with Gasteiger partial charge in [0.25, 0.3) is 0 Å². The summed E-state index contributed by atoms with van der Waals surface area (Å²) in [6, 6.07) is 7.94. The van der Waals surface area contributed by atoms with Crippen molar-refractivity contribution < 1.29 is 4.39 Å². The van der Waals surface area contributed by atoms with E-state index >= 15 is 0 Å². The highest BCUT2D eigenvalue weighted by Crippen LogP contribution is 2.31. The number of anilines is 2. The van der Waals surface area contributed by atoms with Crippen molar-refractivity contribution in [2.45, 2.75) is 19.9 Å². The normalized spacial score (nSPS) is 12.0. The van der Waals surface area contributed by atoms with Gasteiger partial charge in [0.15, 0.2) is 0 Å². The Hall–Kier alpha value is -1.52. The van der Waals surface area contributed by atoms with Crippen LogP contribution in [0.3, 0.4) is 0 Å². The van der Waals surface area contributed by atoms with E-state index in [0.29, 0.717) is 33.8 Å². The van der Waals surface area contributed by atoms with Gasteiger partial charge in [-0.1, -0.05) is 41.4 Å². The molecule has 0 aliphatic heterocycles. The summed E-state index contributed by atoms with van der Waals surface area (Å²) in [5.74, 6) is 0.745. The quantitative estimate of drug-likeness (QED) is 0.799. The third-order valence-corrected chi connectivity index (χ3v) is 3.57. The lowest BCUT2D eigenvalue weighted by Gasteiger charge is -2.18. The lowest BCUT2D eigenvalue weighted by Crippen LogP contribution is -2.11. The number of benzene rings is 1. The fourth-order valence-electron chi connectivity index (χ4n) is 1.97. The van der Waals surface area contributed by atoms with Crippen LogP contribution in [0.1, 0.15) is 25.5 Å². The molecule has 0 saturated heterocycles. The lowest BCUT2D eigenvalue weighted by atomic mass is 10.1. The molecule has 0 aliphatic carbocycles. The topological polar surface area (TPSA) is 37.0 Å². The zero-order valence-electron chi connectivity index (χ0n) is 11.8. The first-order valence-electron chi connectivity index (χ1n) is 6.63. The summed E-state index contributed by atoms with van der Waals surface area (Å²) in [5, 5.41) is 7.01. The van der Waals surface area contributed by atoms with Gasteiger partial charge in [-0.2, -0.15) is 0 Å². The predicted octanol–water partition coefficient (Wildman–Crippen LogP) is 5.13. The first-order chi connectivity index (χ1) is 10.0. The van der Waals surface area contributed by atoms with Gasteiger partial charge in [0.1, 0.15) is 17.5 Å². The molecule has 1 heterocycles. The van der Waals surface area contributed by atoms with E-state index in [9.17, 15) is 4.39 Å². The smallest absolute Gasteiger partial charge is 0.147 e. The van der Waals surface area contributed by atoms with E-state index in [1.165, 1.54) is 6.07 Å². The van der Waals surface area contributed by atoms with Crippen LogP contribution in [0.2, 0.25) is 10.0 Å². The molecule has 1 aromatic carbocycles. The lowest BCUT2D eigenvalue weighted by molar-refractivity contribution is 0.600. The Morgan fingerprint density at radius 1 is 1.19 bits per heavy atom. The Kier molecular flexibility index (Phi) is 5.26. The van der Waals surface area contributed by atoms with E-state index in [-0.39, 0.29) is 11.9 Å². The number of aromatic nitrogens is 1. The minimum absolute atomic E-state index is 0.269. The minimum atomic E-state index is -0.271. The van der Waals surface area contributed by atoms with Crippen molar-refractivity contribution in [1.29, 1.82) is 0 Å². The van der Waals surface area contributed by atoms with Gasteiger partial charge in [-0.05, 0) is 26.0 Å². The summed E-state index contributed by atoms with van der Waals surface area (Å²) in [5.41, 5.74) is 0.551. The van der Waals surface area contributed by atoms with Crippen molar-refractivity contribution in [2.75, 3.05) is 17.2 Å². The van der Waals surface area contributed by atoms with Crippen LogP contribution < -0.4 is 10.6 Å². The highest BCUT2D eigenvalue weighted by atomic mass is 35.5. The molecule has 2 aromatic rings. The molecule has 0 bridgehead atoms. The van der Waals surface area contributed by atoms with Crippen molar-refractivity contribution in [3.8, 4) is 0 Å². The highest BCUT2D eigenvalue weighted by Gasteiger charge is 2.14. The third kappa shape index (κ3) is 3.77. The van der Waals surface area contributed by atoms with E-state index < -0.39 is 0 Å². The van der Waals surface area contributed by atoms with Crippen LogP contribution in [0.4, 0.5) is 16.0 Å². The van der Waals surface area contributed by atoms with E-state index in [0.717, 1.165) is 0 Å². The van der Waals surface area contributed by atoms with Crippen LogP contribution in [0.15, 0.2) is 30.3 Å². The monoisotopic (exact) mass is 327 g/mol. The third-order valence-electron chi connectivity index (χ3n) is 3.00. The number of pyridine rings is 1. The van der Waals surface area contributed by atoms with Gasteiger partial charge in [-0.25, -0.2) is 9.37 Å². The van der Waals surface area contributed by atoms with E-state index in [2.05, 4.69) is 15.6 Å². The van der Waals surface area contributed by atoms with Gasteiger partial charge >= 0.3 is 0 Å². The Morgan fingerprint density at radius 3 is 2.52 bits per heavy atom. The number of hydrogen-bond acceptors (Lipinski definition) is 3. The van der Waals surface area contributed by atoms with Crippen LogP contribution >= 0.6 is 23.2 Å². The molecule has 1 aromatic heterocycles. The molecule has 1 atom stereocenters. The van der Waals surface area contributed by atoms with Crippen molar-refractivity contribution in [3.05, 3.63) is 51.8 Å². The molecule has 2 N–H and O–H groups in total. The molecule has 112 valence electrons. The fourth-order valence-corrected chi connectivity index (χ4v) is 2.45. The van der Waals surface area contributed by atoms with E-state index in [4.69, 9.17) is 23.2 Å². The molecule has 0 fully saturated rings. The summed E-state index contributed by atoms with van der Waals surface area (Å²) in [6.45, 7) is 4.48. The zero-order chi connectivity index (χ0) is 15.4. The molecule has 6 heteroatoms.